The molecule has 0 unspecified atom stereocenters. The maximum atomic E-state index is 5.55. The zero-order valence-electron chi connectivity index (χ0n) is 9.78. The molecule has 4 heteroatoms. The molecule has 0 aromatic carbocycles. The summed E-state index contributed by atoms with van der Waals surface area (Å²) in [7, 11) is 1.89. The molecule has 0 saturated heterocycles. The van der Waals surface area contributed by atoms with E-state index in [0.717, 1.165) is 31.2 Å². The van der Waals surface area contributed by atoms with Gasteiger partial charge < -0.3 is 10.1 Å². The summed E-state index contributed by atoms with van der Waals surface area (Å²) in [5, 5.41) is 11.1. The van der Waals surface area contributed by atoms with Crippen LogP contribution in [0, 0.1) is 5.92 Å². The van der Waals surface area contributed by atoms with E-state index in [-0.39, 0.29) is 0 Å². The number of hydrogen-bond donors (Lipinski definition) is 1. The highest BCUT2D eigenvalue weighted by atomic mass is 16.5. The van der Waals surface area contributed by atoms with Crippen molar-refractivity contribution in [2.45, 2.75) is 32.2 Å². The van der Waals surface area contributed by atoms with Crippen molar-refractivity contribution < 1.29 is 4.74 Å². The van der Waals surface area contributed by atoms with Crippen LogP contribution >= 0.6 is 0 Å². The van der Waals surface area contributed by atoms with Gasteiger partial charge in [0.15, 0.2) is 0 Å². The predicted octanol–water partition coefficient (Wildman–Crippen LogP) is 1.76. The first-order valence-corrected chi connectivity index (χ1v) is 5.98. The van der Waals surface area contributed by atoms with Gasteiger partial charge in [0.25, 0.3) is 0 Å². The minimum Gasteiger partial charge on any atom is -0.477 e. The number of nitrogens with one attached hydrogen (secondary N) is 1. The van der Waals surface area contributed by atoms with Gasteiger partial charge in [-0.05, 0) is 25.5 Å². The van der Waals surface area contributed by atoms with E-state index in [2.05, 4.69) is 15.5 Å². The van der Waals surface area contributed by atoms with E-state index in [0.29, 0.717) is 5.88 Å². The number of rotatable bonds is 6. The maximum Gasteiger partial charge on any atom is 0.233 e. The fourth-order valence-corrected chi connectivity index (χ4v) is 1.81. The van der Waals surface area contributed by atoms with E-state index in [9.17, 15) is 0 Å². The minimum absolute atomic E-state index is 0.638. The molecule has 0 spiro atoms. The van der Waals surface area contributed by atoms with E-state index in [4.69, 9.17) is 4.74 Å². The summed E-state index contributed by atoms with van der Waals surface area (Å²) in [5.41, 5.74) is 0.939. The molecular formula is C12H19N3O. The molecule has 16 heavy (non-hydrogen) atoms. The largest absolute Gasteiger partial charge is 0.477 e. The number of aromatic nitrogens is 2. The van der Waals surface area contributed by atoms with Crippen molar-refractivity contribution in [1.29, 1.82) is 0 Å². The minimum atomic E-state index is 0.638. The van der Waals surface area contributed by atoms with Crippen molar-refractivity contribution in [1.82, 2.24) is 15.5 Å². The Morgan fingerprint density at radius 1 is 1.38 bits per heavy atom. The molecule has 1 heterocycles. The first kappa shape index (κ1) is 11.3. The van der Waals surface area contributed by atoms with Crippen LogP contribution in [0.1, 0.15) is 31.4 Å². The van der Waals surface area contributed by atoms with Gasteiger partial charge in [0.05, 0.1) is 12.3 Å². The number of nitrogens with zero attached hydrogens (tertiary/aromatic N) is 2. The second-order valence-corrected chi connectivity index (χ2v) is 4.33. The SMILES string of the molecule is CNCc1ccc(OCCC2CCC2)nn1. The fraction of sp³-hybridized carbons (Fsp3) is 0.667. The van der Waals surface area contributed by atoms with Gasteiger partial charge in [0.1, 0.15) is 0 Å². The smallest absolute Gasteiger partial charge is 0.233 e. The van der Waals surface area contributed by atoms with Crippen LogP contribution in [0.25, 0.3) is 0 Å². The van der Waals surface area contributed by atoms with Gasteiger partial charge in [0, 0.05) is 12.6 Å². The van der Waals surface area contributed by atoms with Crippen LogP contribution in [0.5, 0.6) is 5.88 Å². The molecule has 1 fully saturated rings. The summed E-state index contributed by atoms with van der Waals surface area (Å²) in [6.45, 7) is 1.51. The molecule has 0 amide bonds. The van der Waals surface area contributed by atoms with Crippen molar-refractivity contribution in [3.63, 3.8) is 0 Å². The molecular weight excluding hydrogens is 202 g/mol. The molecule has 2 rings (SSSR count). The van der Waals surface area contributed by atoms with Crippen molar-refractivity contribution in [3.05, 3.63) is 17.8 Å². The lowest BCUT2D eigenvalue weighted by molar-refractivity contribution is 0.216. The average molecular weight is 221 g/mol. The Hall–Kier alpha value is -1.16. The molecule has 1 saturated carbocycles. The van der Waals surface area contributed by atoms with Gasteiger partial charge in [-0.15, -0.1) is 5.10 Å². The van der Waals surface area contributed by atoms with Gasteiger partial charge in [-0.1, -0.05) is 19.3 Å². The van der Waals surface area contributed by atoms with Crippen molar-refractivity contribution in [3.8, 4) is 5.88 Å². The van der Waals surface area contributed by atoms with Crippen LogP contribution in [0.2, 0.25) is 0 Å². The lowest BCUT2D eigenvalue weighted by atomic mass is 9.83. The van der Waals surface area contributed by atoms with Gasteiger partial charge in [0.2, 0.25) is 5.88 Å². The van der Waals surface area contributed by atoms with Crippen LogP contribution in [-0.2, 0) is 6.54 Å². The third kappa shape index (κ3) is 3.17. The lowest BCUT2D eigenvalue weighted by Crippen LogP contribution is -2.15. The Bertz CT molecular complexity index is 309. The molecule has 88 valence electrons. The van der Waals surface area contributed by atoms with Crippen LogP contribution in [0.4, 0.5) is 0 Å². The summed E-state index contributed by atoms with van der Waals surface area (Å²) in [6, 6.07) is 3.84. The summed E-state index contributed by atoms with van der Waals surface area (Å²) in [4.78, 5) is 0. The first-order valence-electron chi connectivity index (χ1n) is 5.98. The molecule has 0 atom stereocenters. The highest BCUT2D eigenvalue weighted by Crippen LogP contribution is 2.29. The number of hydrogen-bond acceptors (Lipinski definition) is 4. The Kier molecular flexibility index (Phi) is 4.10. The normalized spacial score (nSPS) is 15.8. The summed E-state index contributed by atoms with van der Waals surface area (Å²) >= 11 is 0. The van der Waals surface area contributed by atoms with E-state index in [1.54, 1.807) is 0 Å². The van der Waals surface area contributed by atoms with Crippen LogP contribution in [0.15, 0.2) is 12.1 Å². The lowest BCUT2D eigenvalue weighted by Gasteiger charge is -2.24. The topological polar surface area (TPSA) is 47.0 Å². The van der Waals surface area contributed by atoms with Gasteiger partial charge in [-0.2, -0.15) is 5.10 Å². The molecule has 1 aliphatic carbocycles. The fourth-order valence-electron chi connectivity index (χ4n) is 1.81. The average Bonchev–Trinajstić information content (AvgIpc) is 2.24. The van der Waals surface area contributed by atoms with Gasteiger partial charge in [-0.25, -0.2) is 0 Å². The Morgan fingerprint density at radius 3 is 2.81 bits per heavy atom. The second-order valence-electron chi connectivity index (χ2n) is 4.33. The summed E-state index contributed by atoms with van der Waals surface area (Å²) in [5.74, 6) is 1.52. The van der Waals surface area contributed by atoms with Gasteiger partial charge in [-0.3, -0.25) is 0 Å². The Morgan fingerprint density at radius 2 is 2.25 bits per heavy atom. The highest BCUT2D eigenvalue weighted by Gasteiger charge is 2.16. The third-order valence-electron chi connectivity index (χ3n) is 3.05. The monoisotopic (exact) mass is 221 g/mol. The van der Waals surface area contributed by atoms with Crippen LogP contribution in [-0.4, -0.2) is 23.9 Å². The zero-order chi connectivity index (χ0) is 11.2. The van der Waals surface area contributed by atoms with E-state index >= 15 is 0 Å². The maximum absolute atomic E-state index is 5.55. The van der Waals surface area contributed by atoms with Crippen molar-refractivity contribution in [2.24, 2.45) is 5.92 Å². The standard InChI is InChI=1S/C12H19N3O/c1-13-9-11-5-6-12(15-14-11)16-8-7-10-3-2-4-10/h5-6,10,13H,2-4,7-9H2,1H3. The Balaban J connectivity index is 1.71. The third-order valence-corrected chi connectivity index (χ3v) is 3.05. The number of ether oxygens (including phenoxy) is 1. The zero-order valence-corrected chi connectivity index (χ0v) is 9.78. The molecule has 1 aromatic rings. The predicted molar refractivity (Wildman–Crippen MR) is 62.2 cm³/mol. The molecule has 0 aliphatic heterocycles. The Labute approximate surface area is 96.4 Å². The van der Waals surface area contributed by atoms with Crippen LogP contribution < -0.4 is 10.1 Å². The highest BCUT2D eigenvalue weighted by molar-refractivity contribution is 5.11. The van der Waals surface area contributed by atoms with Gasteiger partial charge >= 0.3 is 0 Å². The molecule has 0 radical (unpaired) electrons. The second kappa shape index (κ2) is 5.80. The molecule has 1 aromatic heterocycles. The van der Waals surface area contributed by atoms with Crippen molar-refractivity contribution >= 4 is 0 Å². The summed E-state index contributed by atoms with van der Waals surface area (Å²) in [6.07, 6.45) is 5.29. The molecule has 4 nitrogen and oxygen atoms in total. The van der Waals surface area contributed by atoms with E-state index in [1.165, 1.54) is 19.3 Å². The first-order chi connectivity index (χ1) is 7.88. The summed E-state index contributed by atoms with van der Waals surface area (Å²) < 4.78 is 5.55. The van der Waals surface area contributed by atoms with E-state index < -0.39 is 0 Å². The molecule has 1 N–H and O–H groups in total. The van der Waals surface area contributed by atoms with E-state index in [1.807, 2.05) is 19.2 Å². The van der Waals surface area contributed by atoms with Crippen molar-refractivity contribution in [2.75, 3.05) is 13.7 Å². The molecule has 0 bridgehead atoms. The van der Waals surface area contributed by atoms with Crippen LogP contribution in [0.3, 0.4) is 0 Å². The molecule has 1 aliphatic rings. The quantitative estimate of drug-likeness (QED) is 0.795.